The zero-order chi connectivity index (χ0) is 15.3. The van der Waals surface area contributed by atoms with Gasteiger partial charge in [0.05, 0.1) is 5.56 Å². The number of carbonyl (C=O) groups is 3. The number of hydrogen-bond donors (Lipinski definition) is 2. The number of rotatable bonds is 4. The largest absolute Gasteiger partial charge is 0.448 e. The standard InChI is InChI=1S/C14H18N2O4/c1-8(2)11(12(17)16-14(15)19)20-13(18)10-7-5-4-6-9(10)3/h4-8,11H,1-3H3,(H3,15,16,17,19)/t11-/m1/s1. The molecule has 6 heteroatoms. The van der Waals surface area contributed by atoms with Gasteiger partial charge in [-0.2, -0.15) is 0 Å². The van der Waals surface area contributed by atoms with Gasteiger partial charge in [-0.3, -0.25) is 10.1 Å². The lowest BCUT2D eigenvalue weighted by Crippen LogP contribution is -2.45. The SMILES string of the molecule is Cc1ccccc1C(=O)O[C@@H](C(=O)NC(N)=O)C(C)C. The van der Waals surface area contributed by atoms with Gasteiger partial charge in [0.25, 0.3) is 5.91 Å². The van der Waals surface area contributed by atoms with Crippen molar-refractivity contribution >= 4 is 17.9 Å². The Morgan fingerprint density at radius 1 is 1.20 bits per heavy atom. The van der Waals surface area contributed by atoms with Crippen LogP contribution in [0.4, 0.5) is 4.79 Å². The van der Waals surface area contributed by atoms with Crippen LogP contribution in [-0.2, 0) is 9.53 Å². The normalized spacial score (nSPS) is 11.8. The molecule has 0 aromatic heterocycles. The highest BCUT2D eigenvalue weighted by molar-refractivity contribution is 5.98. The Morgan fingerprint density at radius 2 is 1.80 bits per heavy atom. The molecule has 1 atom stereocenters. The van der Waals surface area contributed by atoms with Crippen molar-refractivity contribution in [2.24, 2.45) is 11.7 Å². The highest BCUT2D eigenvalue weighted by Crippen LogP contribution is 2.13. The molecule has 0 aliphatic heterocycles. The maximum Gasteiger partial charge on any atom is 0.339 e. The number of nitrogens with two attached hydrogens (primary N) is 1. The van der Waals surface area contributed by atoms with Crippen molar-refractivity contribution in [2.75, 3.05) is 0 Å². The predicted octanol–water partition coefficient (Wildman–Crippen LogP) is 1.37. The minimum Gasteiger partial charge on any atom is -0.448 e. The van der Waals surface area contributed by atoms with Crippen molar-refractivity contribution in [3.8, 4) is 0 Å². The minimum absolute atomic E-state index is 0.290. The van der Waals surface area contributed by atoms with Crippen LogP contribution in [0.25, 0.3) is 0 Å². The van der Waals surface area contributed by atoms with Gasteiger partial charge in [0.1, 0.15) is 0 Å². The molecule has 0 unspecified atom stereocenters. The van der Waals surface area contributed by atoms with Crippen molar-refractivity contribution in [3.63, 3.8) is 0 Å². The van der Waals surface area contributed by atoms with E-state index in [4.69, 9.17) is 10.5 Å². The number of hydrogen-bond acceptors (Lipinski definition) is 4. The molecular weight excluding hydrogens is 260 g/mol. The maximum atomic E-state index is 12.1. The van der Waals surface area contributed by atoms with E-state index in [1.54, 1.807) is 45.0 Å². The molecule has 1 rings (SSSR count). The lowest BCUT2D eigenvalue weighted by atomic mass is 10.1. The number of carbonyl (C=O) groups excluding carboxylic acids is 3. The molecule has 3 N–H and O–H groups in total. The van der Waals surface area contributed by atoms with E-state index < -0.39 is 24.0 Å². The molecule has 6 nitrogen and oxygen atoms in total. The molecule has 0 spiro atoms. The molecule has 0 bridgehead atoms. The summed E-state index contributed by atoms with van der Waals surface area (Å²) in [4.78, 5) is 34.5. The van der Waals surface area contributed by atoms with Crippen LogP contribution in [0.5, 0.6) is 0 Å². The maximum absolute atomic E-state index is 12.1. The lowest BCUT2D eigenvalue weighted by molar-refractivity contribution is -0.130. The van der Waals surface area contributed by atoms with Gasteiger partial charge < -0.3 is 10.5 Å². The van der Waals surface area contributed by atoms with Crippen molar-refractivity contribution in [1.29, 1.82) is 0 Å². The molecule has 1 aromatic rings. The molecule has 20 heavy (non-hydrogen) atoms. The summed E-state index contributed by atoms with van der Waals surface area (Å²) in [6.45, 7) is 5.18. The van der Waals surface area contributed by atoms with Crippen molar-refractivity contribution < 1.29 is 19.1 Å². The fraction of sp³-hybridized carbons (Fsp3) is 0.357. The third-order valence-corrected chi connectivity index (χ3v) is 2.71. The fourth-order valence-corrected chi connectivity index (χ4v) is 1.67. The number of benzene rings is 1. The molecule has 0 aliphatic rings. The number of amides is 3. The second-order valence-electron chi connectivity index (χ2n) is 4.74. The van der Waals surface area contributed by atoms with E-state index in [1.807, 2.05) is 5.32 Å². The number of imide groups is 1. The number of esters is 1. The van der Waals surface area contributed by atoms with Crippen molar-refractivity contribution in [2.45, 2.75) is 26.9 Å². The van der Waals surface area contributed by atoms with E-state index in [2.05, 4.69) is 0 Å². The van der Waals surface area contributed by atoms with Gasteiger partial charge in [0.2, 0.25) is 0 Å². The first-order valence-electron chi connectivity index (χ1n) is 6.19. The Balaban J connectivity index is 2.86. The molecule has 0 saturated carbocycles. The Kier molecular flexibility index (Phi) is 5.25. The average molecular weight is 278 g/mol. The summed E-state index contributed by atoms with van der Waals surface area (Å²) < 4.78 is 5.18. The first-order valence-corrected chi connectivity index (χ1v) is 6.19. The van der Waals surface area contributed by atoms with Gasteiger partial charge in [-0.15, -0.1) is 0 Å². The highest BCUT2D eigenvalue weighted by atomic mass is 16.5. The van der Waals surface area contributed by atoms with E-state index in [0.717, 1.165) is 5.56 Å². The molecule has 0 saturated heterocycles. The van der Waals surface area contributed by atoms with E-state index in [1.165, 1.54) is 0 Å². The van der Waals surface area contributed by atoms with Crippen LogP contribution >= 0.6 is 0 Å². The Labute approximate surface area is 117 Å². The fourth-order valence-electron chi connectivity index (χ4n) is 1.67. The number of primary amides is 1. The van der Waals surface area contributed by atoms with Gasteiger partial charge in [0, 0.05) is 0 Å². The number of ether oxygens (including phenoxy) is 1. The second kappa shape index (κ2) is 6.70. The third-order valence-electron chi connectivity index (χ3n) is 2.71. The third kappa shape index (κ3) is 4.08. The molecule has 0 fully saturated rings. The molecule has 0 radical (unpaired) electrons. The van der Waals surface area contributed by atoms with Gasteiger partial charge in [-0.1, -0.05) is 32.0 Å². The minimum atomic E-state index is -1.07. The van der Waals surface area contributed by atoms with Crippen molar-refractivity contribution in [3.05, 3.63) is 35.4 Å². The Hall–Kier alpha value is -2.37. The van der Waals surface area contributed by atoms with Crippen LogP contribution in [-0.4, -0.2) is 24.0 Å². The number of urea groups is 1. The summed E-state index contributed by atoms with van der Waals surface area (Å²) in [5.41, 5.74) is 6.01. The molecule has 3 amide bonds. The Morgan fingerprint density at radius 3 is 2.30 bits per heavy atom. The van der Waals surface area contributed by atoms with E-state index in [0.29, 0.717) is 5.56 Å². The van der Waals surface area contributed by atoms with Crippen LogP contribution < -0.4 is 11.1 Å². The van der Waals surface area contributed by atoms with Crippen LogP contribution in [0.1, 0.15) is 29.8 Å². The van der Waals surface area contributed by atoms with E-state index >= 15 is 0 Å². The summed E-state index contributed by atoms with van der Waals surface area (Å²) in [6.07, 6.45) is -1.07. The van der Waals surface area contributed by atoms with Crippen LogP contribution in [0.15, 0.2) is 24.3 Å². The molecule has 108 valence electrons. The zero-order valence-corrected chi connectivity index (χ0v) is 11.7. The predicted molar refractivity (Wildman–Crippen MR) is 72.9 cm³/mol. The quantitative estimate of drug-likeness (QED) is 0.812. The van der Waals surface area contributed by atoms with E-state index in [9.17, 15) is 14.4 Å². The first-order chi connectivity index (χ1) is 9.32. The number of aryl methyl sites for hydroxylation is 1. The smallest absolute Gasteiger partial charge is 0.339 e. The summed E-state index contributed by atoms with van der Waals surface area (Å²) in [5, 5.41) is 1.92. The average Bonchev–Trinajstić information content (AvgIpc) is 2.34. The topological polar surface area (TPSA) is 98.5 Å². The van der Waals surface area contributed by atoms with E-state index in [-0.39, 0.29) is 5.92 Å². The highest BCUT2D eigenvalue weighted by Gasteiger charge is 2.28. The van der Waals surface area contributed by atoms with Gasteiger partial charge in [-0.25, -0.2) is 9.59 Å². The van der Waals surface area contributed by atoms with Crippen LogP contribution in [0.2, 0.25) is 0 Å². The molecule has 1 aromatic carbocycles. The van der Waals surface area contributed by atoms with Crippen LogP contribution in [0, 0.1) is 12.8 Å². The second-order valence-corrected chi connectivity index (χ2v) is 4.74. The van der Waals surface area contributed by atoms with Crippen LogP contribution in [0.3, 0.4) is 0 Å². The monoisotopic (exact) mass is 278 g/mol. The summed E-state index contributed by atoms with van der Waals surface area (Å²) >= 11 is 0. The van der Waals surface area contributed by atoms with Gasteiger partial charge in [0.15, 0.2) is 6.10 Å². The summed E-state index contributed by atoms with van der Waals surface area (Å²) in [6, 6.07) is 5.90. The molecule has 0 aliphatic carbocycles. The summed E-state index contributed by atoms with van der Waals surface area (Å²) in [7, 11) is 0. The van der Waals surface area contributed by atoms with Gasteiger partial charge in [-0.05, 0) is 24.5 Å². The number of nitrogens with one attached hydrogen (secondary N) is 1. The Bertz CT molecular complexity index is 526. The van der Waals surface area contributed by atoms with Gasteiger partial charge >= 0.3 is 12.0 Å². The molecular formula is C14H18N2O4. The summed E-state index contributed by atoms with van der Waals surface area (Å²) in [5.74, 6) is -1.63. The zero-order valence-electron chi connectivity index (χ0n) is 11.7. The van der Waals surface area contributed by atoms with Crippen molar-refractivity contribution in [1.82, 2.24) is 5.32 Å². The lowest BCUT2D eigenvalue weighted by Gasteiger charge is -2.20. The molecule has 0 heterocycles. The first kappa shape index (κ1) is 15.7.